The van der Waals surface area contributed by atoms with Crippen LogP contribution in [0, 0.1) is 5.92 Å². The van der Waals surface area contributed by atoms with Crippen molar-refractivity contribution < 1.29 is 24.2 Å². The van der Waals surface area contributed by atoms with Gasteiger partial charge in [-0.05, 0) is 18.8 Å². The molecule has 5 heteroatoms. The van der Waals surface area contributed by atoms with Crippen LogP contribution in [0.4, 0.5) is 0 Å². The van der Waals surface area contributed by atoms with Crippen molar-refractivity contribution >= 4 is 11.9 Å². The maximum Gasteiger partial charge on any atom is 0.306 e. The number of hydrogen-bond donors (Lipinski definition) is 1. The fourth-order valence-corrected chi connectivity index (χ4v) is 5.29. The first kappa shape index (κ1) is 39.9. The van der Waals surface area contributed by atoms with Crippen molar-refractivity contribution in [3.8, 4) is 0 Å². The van der Waals surface area contributed by atoms with E-state index in [9.17, 15) is 14.7 Å². The minimum Gasteiger partial charge on any atom is -0.462 e. The van der Waals surface area contributed by atoms with Crippen molar-refractivity contribution in [2.45, 2.75) is 200 Å². The Morgan fingerprint density at radius 1 is 0.561 bits per heavy atom. The number of hydrogen-bond acceptors (Lipinski definition) is 5. The number of ether oxygens (including phenoxy) is 2. The molecule has 0 aromatic carbocycles. The van der Waals surface area contributed by atoms with Crippen LogP contribution in [0.5, 0.6) is 0 Å². The zero-order valence-electron chi connectivity index (χ0n) is 27.7. The molecule has 0 spiro atoms. The predicted octanol–water partition coefficient (Wildman–Crippen LogP) is 10.6. The molecule has 1 unspecified atom stereocenters. The lowest BCUT2D eigenvalue weighted by Crippen LogP contribution is -2.28. The van der Waals surface area contributed by atoms with Crippen LogP contribution in [0.2, 0.25) is 0 Å². The van der Waals surface area contributed by atoms with E-state index in [1.54, 1.807) is 0 Å². The number of aliphatic hydroxyl groups is 1. The Hall–Kier alpha value is -1.10. The van der Waals surface area contributed by atoms with Crippen LogP contribution in [-0.2, 0) is 19.1 Å². The Balaban J connectivity index is 3.52. The minimum absolute atomic E-state index is 0.0598. The molecule has 2 atom stereocenters. The lowest BCUT2D eigenvalue weighted by molar-refractivity contribution is -0.161. The van der Waals surface area contributed by atoms with Gasteiger partial charge >= 0.3 is 11.9 Å². The van der Waals surface area contributed by atoms with Crippen LogP contribution in [0.1, 0.15) is 194 Å². The van der Waals surface area contributed by atoms with E-state index in [4.69, 9.17) is 9.47 Å². The summed E-state index contributed by atoms with van der Waals surface area (Å²) in [5.41, 5.74) is 0. The Labute approximate surface area is 255 Å². The normalized spacial score (nSPS) is 12.8. The summed E-state index contributed by atoms with van der Waals surface area (Å²) in [4.78, 5) is 24.1. The summed E-state index contributed by atoms with van der Waals surface area (Å²) in [6, 6.07) is 0. The predicted molar refractivity (Wildman–Crippen MR) is 173 cm³/mol. The maximum absolute atomic E-state index is 12.1. The first-order chi connectivity index (χ1) is 20.0. The SMILES string of the molecule is CCCCCCCCCCCCCCCCCCCC(=O)O[C@H](CO)COC(=O)CCCCCCCCC(C)CC. The third-order valence-corrected chi connectivity index (χ3v) is 8.44. The maximum atomic E-state index is 12.1. The molecule has 0 aliphatic heterocycles. The molecule has 0 aromatic heterocycles. The van der Waals surface area contributed by atoms with Gasteiger partial charge in [0.05, 0.1) is 6.61 Å². The monoisotopic (exact) mass is 583 g/mol. The quantitative estimate of drug-likeness (QED) is 0.0631. The molecule has 0 aromatic rings. The molecule has 0 radical (unpaired) electrons. The standard InChI is InChI=1S/C36H70O5/c1-4-6-7-8-9-10-11-12-13-14-15-16-17-18-19-24-27-30-36(39)41-34(31-37)32-40-35(38)29-26-23-21-20-22-25-28-33(3)5-2/h33-34,37H,4-32H2,1-3H3/t33?,34-/m1/s1. The van der Waals surface area contributed by atoms with Crippen molar-refractivity contribution in [1.29, 1.82) is 0 Å². The average Bonchev–Trinajstić information content (AvgIpc) is 2.97. The first-order valence-corrected chi connectivity index (χ1v) is 18.0. The highest BCUT2D eigenvalue weighted by Crippen LogP contribution is 2.16. The van der Waals surface area contributed by atoms with Gasteiger partial charge in [0.1, 0.15) is 6.61 Å². The van der Waals surface area contributed by atoms with Gasteiger partial charge in [0.25, 0.3) is 0 Å². The summed E-state index contributed by atoms with van der Waals surface area (Å²) in [7, 11) is 0. The summed E-state index contributed by atoms with van der Waals surface area (Å²) >= 11 is 0. The van der Waals surface area contributed by atoms with E-state index >= 15 is 0 Å². The highest BCUT2D eigenvalue weighted by molar-refractivity contribution is 5.70. The van der Waals surface area contributed by atoms with Gasteiger partial charge in [0.15, 0.2) is 6.10 Å². The van der Waals surface area contributed by atoms with E-state index < -0.39 is 6.10 Å². The van der Waals surface area contributed by atoms with E-state index in [-0.39, 0.29) is 25.2 Å². The molecular weight excluding hydrogens is 512 g/mol. The van der Waals surface area contributed by atoms with Crippen molar-refractivity contribution in [2.24, 2.45) is 5.92 Å². The fraction of sp³-hybridized carbons (Fsp3) is 0.944. The molecule has 1 N–H and O–H groups in total. The van der Waals surface area contributed by atoms with E-state index in [2.05, 4.69) is 20.8 Å². The number of carbonyl (C=O) groups excluding carboxylic acids is 2. The van der Waals surface area contributed by atoms with E-state index in [1.807, 2.05) is 0 Å². The Kier molecular flexibility index (Phi) is 31.0. The topological polar surface area (TPSA) is 72.8 Å². The molecule has 0 amide bonds. The first-order valence-electron chi connectivity index (χ1n) is 18.0. The zero-order valence-corrected chi connectivity index (χ0v) is 27.7. The summed E-state index contributed by atoms with van der Waals surface area (Å²) < 4.78 is 10.6. The smallest absolute Gasteiger partial charge is 0.306 e. The van der Waals surface area contributed by atoms with Crippen molar-refractivity contribution in [3.05, 3.63) is 0 Å². The largest absolute Gasteiger partial charge is 0.462 e. The number of unbranched alkanes of at least 4 members (excludes halogenated alkanes) is 21. The molecule has 244 valence electrons. The highest BCUT2D eigenvalue weighted by atomic mass is 16.6. The van der Waals surface area contributed by atoms with Gasteiger partial charge in [-0.3, -0.25) is 9.59 Å². The van der Waals surface area contributed by atoms with Gasteiger partial charge in [0, 0.05) is 12.8 Å². The van der Waals surface area contributed by atoms with Crippen LogP contribution in [0.3, 0.4) is 0 Å². The Bertz CT molecular complexity index is 564. The molecule has 0 saturated heterocycles. The van der Waals surface area contributed by atoms with Gasteiger partial charge in [-0.15, -0.1) is 0 Å². The second-order valence-electron chi connectivity index (χ2n) is 12.6. The number of rotatable bonds is 32. The lowest BCUT2D eigenvalue weighted by Gasteiger charge is -2.15. The van der Waals surface area contributed by atoms with Crippen molar-refractivity contribution in [2.75, 3.05) is 13.2 Å². The second-order valence-corrected chi connectivity index (χ2v) is 12.6. The van der Waals surface area contributed by atoms with Gasteiger partial charge in [-0.25, -0.2) is 0 Å². The molecule has 0 fully saturated rings. The molecule has 0 saturated carbocycles. The zero-order chi connectivity index (χ0) is 30.2. The molecule has 0 aliphatic carbocycles. The molecule has 0 heterocycles. The molecular formula is C36H70O5. The van der Waals surface area contributed by atoms with Crippen LogP contribution in [-0.4, -0.2) is 36.4 Å². The molecule has 0 bridgehead atoms. The van der Waals surface area contributed by atoms with Gasteiger partial charge in [-0.2, -0.15) is 0 Å². The molecule has 41 heavy (non-hydrogen) atoms. The third kappa shape index (κ3) is 30.2. The second kappa shape index (κ2) is 31.8. The summed E-state index contributed by atoms with van der Waals surface area (Å²) in [5, 5.41) is 9.51. The average molecular weight is 583 g/mol. The minimum atomic E-state index is -0.761. The van der Waals surface area contributed by atoms with Gasteiger partial charge in [-0.1, -0.05) is 168 Å². The van der Waals surface area contributed by atoms with Crippen LogP contribution < -0.4 is 0 Å². The van der Waals surface area contributed by atoms with Crippen molar-refractivity contribution in [3.63, 3.8) is 0 Å². The molecule has 5 nitrogen and oxygen atoms in total. The van der Waals surface area contributed by atoms with Crippen LogP contribution in [0.25, 0.3) is 0 Å². The lowest BCUT2D eigenvalue weighted by atomic mass is 10.00. The van der Waals surface area contributed by atoms with E-state index in [1.165, 1.54) is 122 Å². The van der Waals surface area contributed by atoms with Gasteiger partial charge in [0.2, 0.25) is 0 Å². The fourth-order valence-electron chi connectivity index (χ4n) is 5.29. The highest BCUT2D eigenvalue weighted by Gasteiger charge is 2.16. The summed E-state index contributed by atoms with van der Waals surface area (Å²) in [5.74, 6) is 0.245. The van der Waals surface area contributed by atoms with Crippen molar-refractivity contribution in [1.82, 2.24) is 0 Å². The summed E-state index contributed by atoms with van der Waals surface area (Å²) in [6.07, 6.45) is 31.6. The van der Waals surface area contributed by atoms with E-state index in [0.29, 0.717) is 12.8 Å². The summed E-state index contributed by atoms with van der Waals surface area (Å²) in [6.45, 7) is 6.46. The van der Waals surface area contributed by atoms with E-state index in [0.717, 1.165) is 44.4 Å². The van der Waals surface area contributed by atoms with Gasteiger partial charge < -0.3 is 14.6 Å². The number of aliphatic hydroxyl groups excluding tert-OH is 1. The van der Waals surface area contributed by atoms with Crippen LogP contribution >= 0.6 is 0 Å². The molecule has 0 rings (SSSR count). The number of carbonyl (C=O) groups is 2. The Morgan fingerprint density at radius 2 is 0.951 bits per heavy atom. The molecule has 0 aliphatic rings. The third-order valence-electron chi connectivity index (χ3n) is 8.44. The Morgan fingerprint density at radius 3 is 1.37 bits per heavy atom. The number of esters is 2. The van der Waals surface area contributed by atoms with Crippen LogP contribution in [0.15, 0.2) is 0 Å².